The average Bonchev–Trinajstić information content (AvgIpc) is 2.90. The Morgan fingerprint density at radius 3 is 2.44 bits per heavy atom. The first-order valence-corrected chi connectivity index (χ1v) is 9.75. The second-order valence-electron chi connectivity index (χ2n) is 7.40. The van der Waals surface area contributed by atoms with Crippen molar-refractivity contribution in [2.24, 2.45) is 0 Å². The third-order valence-corrected chi connectivity index (χ3v) is 5.98. The third-order valence-electron chi connectivity index (χ3n) is 5.98. The second-order valence-corrected chi connectivity index (χ2v) is 7.40. The Morgan fingerprint density at radius 1 is 0.840 bits per heavy atom. The summed E-state index contributed by atoms with van der Waals surface area (Å²) in [6.45, 7) is 6.81. The summed E-state index contributed by atoms with van der Waals surface area (Å²) in [6, 6.07) is 10.8. The minimum absolute atomic E-state index is 0.0728. The van der Waals surface area contributed by atoms with Gasteiger partial charge in [0.15, 0.2) is 0 Å². The van der Waals surface area contributed by atoms with E-state index in [9.17, 15) is 4.79 Å². The average molecular weight is 343 g/mol. The molecule has 0 spiro atoms. The number of benzene rings is 1. The van der Waals surface area contributed by atoms with Crippen LogP contribution < -0.4 is 4.90 Å². The summed E-state index contributed by atoms with van der Waals surface area (Å²) in [5.41, 5.74) is 1.04. The van der Waals surface area contributed by atoms with Crippen LogP contribution in [-0.2, 0) is 9.53 Å². The fourth-order valence-corrected chi connectivity index (χ4v) is 4.59. The number of rotatable bonds is 3. The first-order valence-electron chi connectivity index (χ1n) is 9.75. The number of carbonyl (C=O) groups is 1. The van der Waals surface area contributed by atoms with Gasteiger partial charge in [-0.1, -0.05) is 18.2 Å². The van der Waals surface area contributed by atoms with Gasteiger partial charge in [-0.3, -0.25) is 14.6 Å². The highest BCUT2D eigenvalue weighted by Gasteiger charge is 2.37. The quantitative estimate of drug-likeness (QED) is 0.841. The molecule has 3 heterocycles. The predicted molar refractivity (Wildman–Crippen MR) is 98.8 cm³/mol. The molecule has 0 N–H and O–H groups in total. The first-order chi connectivity index (χ1) is 12.3. The Hall–Kier alpha value is -1.43. The number of hydrogen-bond acceptors (Lipinski definition) is 4. The van der Waals surface area contributed by atoms with Gasteiger partial charge in [0.05, 0.1) is 19.3 Å². The molecule has 0 radical (unpaired) electrons. The molecule has 0 unspecified atom stereocenters. The number of hydrogen-bond donors (Lipinski definition) is 0. The lowest BCUT2D eigenvalue weighted by atomic mass is 10.1. The van der Waals surface area contributed by atoms with Gasteiger partial charge in [-0.2, -0.15) is 0 Å². The van der Waals surface area contributed by atoms with E-state index < -0.39 is 0 Å². The summed E-state index contributed by atoms with van der Waals surface area (Å²) in [7, 11) is 0. The molecule has 0 aliphatic carbocycles. The minimum atomic E-state index is 0.0728. The van der Waals surface area contributed by atoms with Crippen molar-refractivity contribution >= 4 is 11.6 Å². The van der Waals surface area contributed by atoms with Crippen molar-refractivity contribution in [3.8, 4) is 0 Å². The zero-order valence-electron chi connectivity index (χ0n) is 15.0. The van der Waals surface area contributed by atoms with Gasteiger partial charge in [-0.25, -0.2) is 0 Å². The Morgan fingerprint density at radius 2 is 1.64 bits per heavy atom. The van der Waals surface area contributed by atoms with Gasteiger partial charge in [-0.05, 0) is 44.4 Å². The largest absolute Gasteiger partial charge is 0.379 e. The van der Waals surface area contributed by atoms with Crippen molar-refractivity contribution < 1.29 is 9.53 Å². The van der Waals surface area contributed by atoms with E-state index in [1.165, 1.54) is 19.3 Å². The lowest BCUT2D eigenvalue weighted by Crippen LogP contribution is -2.45. The first kappa shape index (κ1) is 17.0. The molecular formula is C20H29N3O2. The summed E-state index contributed by atoms with van der Waals surface area (Å²) >= 11 is 0. The van der Waals surface area contributed by atoms with Crippen molar-refractivity contribution in [1.29, 1.82) is 0 Å². The third kappa shape index (κ3) is 3.73. The Kier molecular flexibility index (Phi) is 5.34. The fraction of sp³-hybridized carbons (Fsp3) is 0.650. The van der Waals surface area contributed by atoms with Gasteiger partial charge in [-0.15, -0.1) is 0 Å². The molecule has 3 fully saturated rings. The number of ether oxygens (including phenoxy) is 1. The molecule has 5 nitrogen and oxygen atoms in total. The van der Waals surface area contributed by atoms with E-state index in [0.717, 1.165) is 58.0 Å². The van der Waals surface area contributed by atoms with E-state index in [1.54, 1.807) is 0 Å². The van der Waals surface area contributed by atoms with E-state index in [4.69, 9.17) is 4.74 Å². The smallest absolute Gasteiger partial charge is 0.244 e. The van der Waals surface area contributed by atoms with Gasteiger partial charge >= 0.3 is 0 Å². The summed E-state index contributed by atoms with van der Waals surface area (Å²) in [4.78, 5) is 20.0. The minimum Gasteiger partial charge on any atom is -0.379 e. The highest BCUT2D eigenvalue weighted by molar-refractivity contribution is 5.99. The molecule has 3 saturated heterocycles. The summed E-state index contributed by atoms with van der Waals surface area (Å²) in [5, 5.41) is 0. The normalized spacial score (nSPS) is 29.8. The lowest BCUT2D eigenvalue weighted by Gasteiger charge is -2.34. The van der Waals surface area contributed by atoms with E-state index in [1.807, 2.05) is 35.2 Å². The number of amides is 1. The molecule has 136 valence electrons. The zero-order valence-corrected chi connectivity index (χ0v) is 15.0. The van der Waals surface area contributed by atoms with Crippen LogP contribution in [0.5, 0.6) is 0 Å². The molecule has 5 heteroatoms. The highest BCUT2D eigenvalue weighted by Crippen LogP contribution is 2.27. The van der Waals surface area contributed by atoms with Crippen LogP contribution in [0.3, 0.4) is 0 Å². The van der Waals surface area contributed by atoms with E-state index >= 15 is 0 Å². The summed E-state index contributed by atoms with van der Waals surface area (Å²) in [6.07, 6.45) is 4.57. The van der Waals surface area contributed by atoms with Crippen LogP contribution in [0.25, 0.3) is 0 Å². The Labute approximate surface area is 150 Å². The molecule has 1 aromatic carbocycles. The van der Waals surface area contributed by atoms with Gasteiger partial charge < -0.3 is 9.64 Å². The van der Waals surface area contributed by atoms with Crippen molar-refractivity contribution in [3.05, 3.63) is 30.3 Å². The van der Waals surface area contributed by atoms with Crippen molar-refractivity contribution in [2.75, 3.05) is 50.8 Å². The monoisotopic (exact) mass is 343 g/mol. The number of carbonyl (C=O) groups excluding carboxylic acids is 1. The molecular weight excluding hydrogens is 314 g/mol. The van der Waals surface area contributed by atoms with Crippen LogP contribution in [0.2, 0.25) is 0 Å². The van der Waals surface area contributed by atoms with Crippen LogP contribution >= 0.6 is 0 Å². The van der Waals surface area contributed by atoms with Crippen molar-refractivity contribution in [2.45, 2.75) is 37.8 Å². The SMILES string of the molecule is O=C1[C@@H](N2CCC[C@H](N3CCOCC3)CC2)CCN1c1ccccc1. The fourth-order valence-electron chi connectivity index (χ4n) is 4.59. The summed E-state index contributed by atoms with van der Waals surface area (Å²) < 4.78 is 5.49. The molecule has 2 atom stereocenters. The Bertz CT molecular complexity index is 574. The van der Waals surface area contributed by atoms with Gasteiger partial charge in [0.1, 0.15) is 0 Å². The van der Waals surface area contributed by atoms with Crippen LogP contribution in [0.15, 0.2) is 30.3 Å². The van der Waals surface area contributed by atoms with Crippen LogP contribution in [0.1, 0.15) is 25.7 Å². The molecule has 0 saturated carbocycles. The number of anilines is 1. The molecule has 1 amide bonds. The highest BCUT2D eigenvalue weighted by atomic mass is 16.5. The maximum absolute atomic E-state index is 13.0. The van der Waals surface area contributed by atoms with Gasteiger partial charge in [0.25, 0.3) is 0 Å². The maximum atomic E-state index is 13.0. The van der Waals surface area contributed by atoms with Crippen LogP contribution in [0.4, 0.5) is 5.69 Å². The lowest BCUT2D eigenvalue weighted by molar-refractivity contribution is -0.121. The summed E-state index contributed by atoms with van der Waals surface area (Å²) in [5.74, 6) is 0.288. The van der Waals surface area contributed by atoms with E-state index in [2.05, 4.69) is 9.80 Å². The Balaban J connectivity index is 1.37. The second kappa shape index (κ2) is 7.85. The zero-order chi connectivity index (χ0) is 17.1. The number of likely N-dealkylation sites (tertiary alicyclic amines) is 1. The van der Waals surface area contributed by atoms with Gasteiger partial charge in [0, 0.05) is 37.9 Å². The maximum Gasteiger partial charge on any atom is 0.244 e. The topological polar surface area (TPSA) is 36.0 Å². The van der Waals surface area contributed by atoms with Crippen molar-refractivity contribution in [1.82, 2.24) is 9.80 Å². The van der Waals surface area contributed by atoms with Crippen LogP contribution in [-0.4, -0.2) is 73.7 Å². The molecule has 0 bridgehead atoms. The molecule has 4 rings (SSSR count). The number of nitrogens with zero attached hydrogens (tertiary/aromatic N) is 3. The standard InChI is InChI=1S/C20H29N3O2/c24-20-19(9-12-23(20)18-5-2-1-3-6-18)22-10-4-7-17(8-11-22)21-13-15-25-16-14-21/h1-3,5-6,17,19H,4,7-16H2/t17-,19-/m0/s1. The van der Waals surface area contributed by atoms with Crippen molar-refractivity contribution in [3.63, 3.8) is 0 Å². The molecule has 0 aromatic heterocycles. The van der Waals surface area contributed by atoms with E-state index in [-0.39, 0.29) is 11.9 Å². The van der Waals surface area contributed by atoms with Gasteiger partial charge in [0.2, 0.25) is 5.91 Å². The predicted octanol–water partition coefficient (Wildman–Crippen LogP) is 1.98. The number of para-hydroxylation sites is 1. The molecule has 1 aromatic rings. The van der Waals surface area contributed by atoms with E-state index in [0.29, 0.717) is 6.04 Å². The number of morpholine rings is 1. The molecule has 3 aliphatic heterocycles. The molecule has 25 heavy (non-hydrogen) atoms. The van der Waals surface area contributed by atoms with Crippen LogP contribution in [0, 0.1) is 0 Å². The molecule has 3 aliphatic rings.